The van der Waals surface area contributed by atoms with Crippen LogP contribution in [0.1, 0.15) is 15.9 Å². The van der Waals surface area contributed by atoms with Crippen LogP contribution in [0.15, 0.2) is 47.4 Å². The summed E-state index contributed by atoms with van der Waals surface area (Å²) in [4.78, 5) is 24.9. The van der Waals surface area contributed by atoms with Gasteiger partial charge in [-0.25, -0.2) is 4.79 Å². The molecule has 1 amide bonds. The standard InChI is InChI=1S/C19H19NO5S/c1-13-2-5-15(6-3-13)26-9-8-20-18(21)11-23-19(22)14-4-7-16-17(10-14)25-12-24-16/h2-7,10H,8-9,11-12H2,1H3,(H,20,21). The van der Waals surface area contributed by atoms with Crippen LogP contribution in [-0.4, -0.2) is 37.6 Å². The summed E-state index contributed by atoms with van der Waals surface area (Å²) in [6, 6.07) is 13.0. The maximum absolute atomic E-state index is 12.0. The number of hydrogen-bond acceptors (Lipinski definition) is 6. The molecule has 6 nitrogen and oxygen atoms in total. The van der Waals surface area contributed by atoms with Gasteiger partial charge in [-0.15, -0.1) is 11.8 Å². The van der Waals surface area contributed by atoms with Crippen LogP contribution in [-0.2, 0) is 9.53 Å². The minimum absolute atomic E-state index is 0.136. The molecule has 136 valence electrons. The molecule has 0 aliphatic carbocycles. The fourth-order valence-corrected chi connectivity index (χ4v) is 3.05. The third-order valence-corrected chi connectivity index (χ3v) is 4.67. The van der Waals surface area contributed by atoms with Crippen molar-refractivity contribution >= 4 is 23.6 Å². The van der Waals surface area contributed by atoms with Crippen molar-refractivity contribution in [2.45, 2.75) is 11.8 Å². The Labute approximate surface area is 155 Å². The van der Waals surface area contributed by atoms with Crippen molar-refractivity contribution in [3.63, 3.8) is 0 Å². The lowest BCUT2D eigenvalue weighted by Crippen LogP contribution is -2.30. The summed E-state index contributed by atoms with van der Waals surface area (Å²) in [7, 11) is 0. The van der Waals surface area contributed by atoms with Crippen LogP contribution >= 0.6 is 11.8 Å². The van der Waals surface area contributed by atoms with Crippen LogP contribution in [0.4, 0.5) is 0 Å². The number of carbonyl (C=O) groups is 2. The maximum Gasteiger partial charge on any atom is 0.338 e. The van der Waals surface area contributed by atoms with Gasteiger partial charge in [-0.1, -0.05) is 17.7 Å². The number of ether oxygens (including phenoxy) is 3. The van der Waals surface area contributed by atoms with E-state index in [1.165, 1.54) is 5.56 Å². The van der Waals surface area contributed by atoms with Crippen molar-refractivity contribution in [1.82, 2.24) is 5.32 Å². The molecule has 0 spiro atoms. The van der Waals surface area contributed by atoms with E-state index in [4.69, 9.17) is 14.2 Å². The van der Waals surface area contributed by atoms with Crippen LogP contribution in [0.3, 0.4) is 0 Å². The number of benzene rings is 2. The Balaban J connectivity index is 1.36. The molecule has 0 saturated carbocycles. The quantitative estimate of drug-likeness (QED) is 0.457. The first-order valence-electron chi connectivity index (χ1n) is 8.15. The molecule has 0 aromatic heterocycles. The number of fused-ring (bicyclic) bond motifs is 1. The summed E-state index contributed by atoms with van der Waals surface area (Å²) in [5.74, 6) is 0.920. The second-order valence-electron chi connectivity index (χ2n) is 5.66. The predicted molar refractivity (Wildman–Crippen MR) is 97.8 cm³/mol. The van der Waals surface area contributed by atoms with Crippen LogP contribution in [0.2, 0.25) is 0 Å². The monoisotopic (exact) mass is 373 g/mol. The molecule has 1 N–H and O–H groups in total. The Morgan fingerprint density at radius 3 is 2.69 bits per heavy atom. The minimum Gasteiger partial charge on any atom is -0.454 e. The number of nitrogens with one attached hydrogen (secondary N) is 1. The van der Waals surface area contributed by atoms with E-state index >= 15 is 0 Å². The number of thioether (sulfide) groups is 1. The Morgan fingerprint density at radius 1 is 1.12 bits per heavy atom. The number of hydrogen-bond donors (Lipinski definition) is 1. The van der Waals surface area contributed by atoms with E-state index in [2.05, 4.69) is 29.6 Å². The van der Waals surface area contributed by atoms with Gasteiger partial charge < -0.3 is 19.5 Å². The van der Waals surface area contributed by atoms with Crippen LogP contribution in [0.25, 0.3) is 0 Å². The first kappa shape index (κ1) is 18.1. The van der Waals surface area contributed by atoms with Crippen LogP contribution in [0.5, 0.6) is 11.5 Å². The highest BCUT2D eigenvalue weighted by Crippen LogP contribution is 2.32. The predicted octanol–water partition coefficient (Wildman–Crippen LogP) is 2.79. The van der Waals surface area contributed by atoms with E-state index in [-0.39, 0.29) is 19.3 Å². The first-order chi connectivity index (χ1) is 12.6. The van der Waals surface area contributed by atoms with E-state index in [0.717, 1.165) is 10.6 Å². The summed E-state index contributed by atoms with van der Waals surface area (Å²) >= 11 is 1.66. The van der Waals surface area contributed by atoms with E-state index in [0.29, 0.717) is 23.6 Å². The molecule has 0 atom stereocenters. The van der Waals surface area contributed by atoms with E-state index in [1.54, 1.807) is 30.0 Å². The molecular weight excluding hydrogens is 354 g/mol. The molecule has 0 saturated heterocycles. The second kappa shape index (κ2) is 8.62. The van der Waals surface area contributed by atoms with Gasteiger partial charge in [-0.05, 0) is 37.3 Å². The van der Waals surface area contributed by atoms with Gasteiger partial charge in [-0.2, -0.15) is 0 Å². The maximum atomic E-state index is 12.0. The zero-order valence-corrected chi connectivity index (χ0v) is 15.1. The number of amides is 1. The lowest BCUT2D eigenvalue weighted by atomic mass is 10.2. The smallest absolute Gasteiger partial charge is 0.338 e. The second-order valence-corrected chi connectivity index (χ2v) is 6.82. The van der Waals surface area contributed by atoms with Crippen molar-refractivity contribution in [3.8, 4) is 11.5 Å². The SMILES string of the molecule is Cc1ccc(SCCNC(=O)COC(=O)c2ccc3c(c2)OCO3)cc1. The largest absolute Gasteiger partial charge is 0.454 e. The van der Waals surface area contributed by atoms with Gasteiger partial charge in [0.15, 0.2) is 18.1 Å². The van der Waals surface area contributed by atoms with E-state index in [9.17, 15) is 9.59 Å². The Hall–Kier alpha value is -2.67. The Morgan fingerprint density at radius 2 is 1.88 bits per heavy atom. The number of carbonyl (C=O) groups excluding carboxylic acids is 2. The summed E-state index contributed by atoms with van der Waals surface area (Å²) < 4.78 is 15.4. The third kappa shape index (κ3) is 4.92. The molecule has 2 aromatic carbocycles. The van der Waals surface area contributed by atoms with Gasteiger partial charge in [0, 0.05) is 17.2 Å². The molecular formula is C19H19NO5S. The topological polar surface area (TPSA) is 73.9 Å². The summed E-state index contributed by atoms with van der Waals surface area (Å²) in [6.45, 7) is 2.36. The zero-order chi connectivity index (χ0) is 18.4. The summed E-state index contributed by atoms with van der Waals surface area (Å²) in [5, 5.41) is 2.73. The molecule has 26 heavy (non-hydrogen) atoms. The number of aryl methyl sites for hydroxylation is 1. The Bertz CT molecular complexity index is 791. The van der Waals surface area contributed by atoms with E-state index in [1.807, 2.05) is 6.92 Å². The molecule has 1 aliphatic rings. The van der Waals surface area contributed by atoms with Gasteiger partial charge >= 0.3 is 5.97 Å². The highest BCUT2D eigenvalue weighted by molar-refractivity contribution is 7.99. The van der Waals surface area contributed by atoms with Gasteiger partial charge in [0.05, 0.1) is 5.56 Å². The molecule has 1 heterocycles. The first-order valence-corrected chi connectivity index (χ1v) is 9.13. The number of rotatable bonds is 7. The van der Waals surface area contributed by atoms with Crippen LogP contribution < -0.4 is 14.8 Å². The van der Waals surface area contributed by atoms with Gasteiger partial charge in [-0.3, -0.25) is 4.79 Å². The fraction of sp³-hybridized carbons (Fsp3) is 0.263. The fourth-order valence-electron chi connectivity index (χ4n) is 2.28. The van der Waals surface area contributed by atoms with Crippen LogP contribution in [0, 0.1) is 6.92 Å². The summed E-state index contributed by atoms with van der Waals surface area (Å²) in [6.07, 6.45) is 0. The normalized spacial score (nSPS) is 11.9. The van der Waals surface area contributed by atoms with Gasteiger partial charge in [0.1, 0.15) is 0 Å². The van der Waals surface area contributed by atoms with Gasteiger partial charge in [0.25, 0.3) is 5.91 Å². The van der Waals surface area contributed by atoms with Gasteiger partial charge in [0.2, 0.25) is 6.79 Å². The number of esters is 1. The Kier molecular flexibility index (Phi) is 6.01. The molecule has 7 heteroatoms. The molecule has 0 fully saturated rings. The third-order valence-electron chi connectivity index (χ3n) is 3.66. The highest BCUT2D eigenvalue weighted by atomic mass is 32.2. The zero-order valence-electron chi connectivity index (χ0n) is 14.3. The molecule has 0 bridgehead atoms. The minimum atomic E-state index is -0.576. The van der Waals surface area contributed by atoms with Crippen molar-refractivity contribution in [3.05, 3.63) is 53.6 Å². The van der Waals surface area contributed by atoms with Crippen molar-refractivity contribution in [2.24, 2.45) is 0 Å². The molecule has 0 radical (unpaired) electrons. The van der Waals surface area contributed by atoms with E-state index < -0.39 is 5.97 Å². The highest BCUT2D eigenvalue weighted by Gasteiger charge is 2.17. The lowest BCUT2D eigenvalue weighted by molar-refractivity contribution is -0.124. The van der Waals surface area contributed by atoms with Crippen molar-refractivity contribution in [1.29, 1.82) is 0 Å². The lowest BCUT2D eigenvalue weighted by Gasteiger charge is -2.07. The average Bonchev–Trinajstić information content (AvgIpc) is 3.12. The molecule has 3 rings (SSSR count). The molecule has 1 aliphatic heterocycles. The van der Waals surface area contributed by atoms with Crippen molar-refractivity contribution in [2.75, 3.05) is 25.7 Å². The molecule has 2 aromatic rings. The summed E-state index contributed by atoms with van der Waals surface area (Å²) in [5.41, 5.74) is 1.53. The van der Waals surface area contributed by atoms with Crippen molar-refractivity contribution < 1.29 is 23.8 Å². The molecule has 0 unspecified atom stereocenters. The average molecular weight is 373 g/mol.